The predicted molar refractivity (Wildman–Crippen MR) is 102 cm³/mol. The summed E-state index contributed by atoms with van der Waals surface area (Å²) in [6, 6.07) is 12.2. The predicted octanol–water partition coefficient (Wildman–Crippen LogP) is 3.73. The minimum atomic E-state index is -3.73. The SMILES string of the molecule is CCc1ccccc1NS(=O)(=O)c1ccc2c(c1)NC(=O)C(C)CS2. The third-order valence-electron chi connectivity index (χ3n) is 4.10. The van der Waals surface area contributed by atoms with Gasteiger partial charge in [0, 0.05) is 16.6 Å². The van der Waals surface area contributed by atoms with E-state index in [4.69, 9.17) is 0 Å². The van der Waals surface area contributed by atoms with Gasteiger partial charge in [-0.3, -0.25) is 9.52 Å². The highest BCUT2D eigenvalue weighted by Crippen LogP contribution is 2.34. The molecule has 1 aliphatic rings. The van der Waals surface area contributed by atoms with Gasteiger partial charge in [0.15, 0.2) is 0 Å². The van der Waals surface area contributed by atoms with Crippen LogP contribution in [0, 0.1) is 5.92 Å². The second-order valence-corrected chi connectivity index (χ2v) is 8.72. The lowest BCUT2D eigenvalue weighted by atomic mass is 10.1. The van der Waals surface area contributed by atoms with Crippen LogP contribution in [0.2, 0.25) is 0 Å². The maximum Gasteiger partial charge on any atom is 0.261 e. The van der Waals surface area contributed by atoms with Crippen molar-refractivity contribution >= 4 is 39.1 Å². The van der Waals surface area contributed by atoms with Crippen molar-refractivity contribution in [1.82, 2.24) is 0 Å². The fraction of sp³-hybridized carbons (Fsp3) is 0.278. The van der Waals surface area contributed by atoms with E-state index in [1.54, 1.807) is 36.0 Å². The Morgan fingerprint density at radius 1 is 1.24 bits per heavy atom. The van der Waals surface area contributed by atoms with Gasteiger partial charge in [0.25, 0.3) is 10.0 Å². The molecule has 5 nitrogen and oxygen atoms in total. The molecule has 1 unspecified atom stereocenters. The van der Waals surface area contributed by atoms with Gasteiger partial charge >= 0.3 is 0 Å². The number of para-hydroxylation sites is 1. The number of thioether (sulfide) groups is 1. The first kappa shape index (κ1) is 17.8. The third kappa shape index (κ3) is 3.82. The molecule has 3 rings (SSSR count). The molecular weight excluding hydrogens is 356 g/mol. The molecule has 2 N–H and O–H groups in total. The third-order valence-corrected chi connectivity index (χ3v) is 6.80. The lowest BCUT2D eigenvalue weighted by molar-refractivity contribution is -0.118. The molecule has 1 aliphatic heterocycles. The number of carbonyl (C=O) groups is 1. The second-order valence-electron chi connectivity index (χ2n) is 5.98. The van der Waals surface area contributed by atoms with Crippen molar-refractivity contribution in [2.24, 2.45) is 5.92 Å². The van der Waals surface area contributed by atoms with E-state index in [0.29, 0.717) is 17.1 Å². The van der Waals surface area contributed by atoms with E-state index < -0.39 is 10.0 Å². The molecule has 1 heterocycles. The van der Waals surface area contributed by atoms with Crippen LogP contribution in [-0.4, -0.2) is 20.1 Å². The Kier molecular flexibility index (Phi) is 5.06. The number of sulfonamides is 1. The van der Waals surface area contributed by atoms with Crippen molar-refractivity contribution in [2.45, 2.75) is 30.1 Å². The molecule has 0 aliphatic carbocycles. The number of fused-ring (bicyclic) bond motifs is 1. The summed E-state index contributed by atoms with van der Waals surface area (Å²) in [5.41, 5.74) is 2.05. The molecule has 0 spiro atoms. The monoisotopic (exact) mass is 376 g/mol. The molecule has 0 saturated carbocycles. The summed E-state index contributed by atoms with van der Waals surface area (Å²) in [7, 11) is -3.73. The first-order chi connectivity index (χ1) is 11.9. The number of hydrogen-bond donors (Lipinski definition) is 2. The normalized spacial score (nSPS) is 17.4. The molecule has 2 aromatic rings. The molecule has 25 heavy (non-hydrogen) atoms. The number of amides is 1. The minimum absolute atomic E-state index is 0.0925. The Bertz CT molecular complexity index is 910. The van der Waals surface area contributed by atoms with Gasteiger partial charge in [-0.1, -0.05) is 32.0 Å². The average Bonchev–Trinajstić information content (AvgIpc) is 2.73. The van der Waals surface area contributed by atoms with Gasteiger partial charge in [-0.15, -0.1) is 11.8 Å². The second kappa shape index (κ2) is 7.09. The van der Waals surface area contributed by atoms with Crippen LogP contribution in [0.25, 0.3) is 0 Å². The quantitative estimate of drug-likeness (QED) is 0.853. The van der Waals surface area contributed by atoms with Crippen molar-refractivity contribution in [3.63, 3.8) is 0 Å². The van der Waals surface area contributed by atoms with E-state index in [1.165, 1.54) is 6.07 Å². The zero-order valence-electron chi connectivity index (χ0n) is 14.1. The van der Waals surface area contributed by atoms with Crippen LogP contribution in [0.5, 0.6) is 0 Å². The summed E-state index contributed by atoms with van der Waals surface area (Å²) in [6.45, 7) is 3.83. The number of aryl methyl sites for hydroxylation is 1. The molecule has 0 radical (unpaired) electrons. The maximum absolute atomic E-state index is 12.8. The highest BCUT2D eigenvalue weighted by molar-refractivity contribution is 7.99. The molecule has 7 heteroatoms. The smallest absolute Gasteiger partial charge is 0.261 e. The van der Waals surface area contributed by atoms with E-state index in [1.807, 2.05) is 26.0 Å². The van der Waals surface area contributed by atoms with Gasteiger partial charge in [0.1, 0.15) is 0 Å². The van der Waals surface area contributed by atoms with Gasteiger partial charge in [-0.05, 0) is 36.2 Å². The molecule has 1 amide bonds. The Morgan fingerprint density at radius 2 is 2.00 bits per heavy atom. The number of anilines is 2. The van der Waals surface area contributed by atoms with E-state index >= 15 is 0 Å². The maximum atomic E-state index is 12.8. The van der Waals surface area contributed by atoms with E-state index in [9.17, 15) is 13.2 Å². The summed E-state index contributed by atoms with van der Waals surface area (Å²) in [5.74, 6) is 0.463. The van der Waals surface area contributed by atoms with Crippen molar-refractivity contribution in [3.8, 4) is 0 Å². The fourth-order valence-electron chi connectivity index (χ4n) is 2.58. The number of benzene rings is 2. The molecule has 132 valence electrons. The molecule has 1 atom stereocenters. The van der Waals surface area contributed by atoms with Crippen LogP contribution < -0.4 is 10.0 Å². The number of rotatable bonds is 4. The first-order valence-electron chi connectivity index (χ1n) is 8.09. The summed E-state index contributed by atoms with van der Waals surface area (Å²) >= 11 is 1.55. The summed E-state index contributed by atoms with van der Waals surface area (Å²) in [4.78, 5) is 13.0. The van der Waals surface area contributed by atoms with E-state index in [0.717, 1.165) is 16.9 Å². The van der Waals surface area contributed by atoms with Gasteiger partial charge in [0.2, 0.25) is 5.91 Å². The van der Waals surface area contributed by atoms with Crippen molar-refractivity contribution < 1.29 is 13.2 Å². The van der Waals surface area contributed by atoms with E-state index in [2.05, 4.69) is 10.0 Å². The molecule has 2 aromatic carbocycles. The van der Waals surface area contributed by atoms with Crippen LogP contribution in [0.1, 0.15) is 19.4 Å². The lowest BCUT2D eigenvalue weighted by Crippen LogP contribution is -2.20. The number of carbonyl (C=O) groups excluding carboxylic acids is 1. The molecular formula is C18H20N2O3S2. The summed E-state index contributed by atoms with van der Waals surface area (Å²) < 4.78 is 28.2. The fourth-order valence-corrected chi connectivity index (χ4v) is 4.72. The van der Waals surface area contributed by atoms with Gasteiger partial charge in [-0.2, -0.15) is 0 Å². The Morgan fingerprint density at radius 3 is 2.76 bits per heavy atom. The topological polar surface area (TPSA) is 75.3 Å². The zero-order valence-corrected chi connectivity index (χ0v) is 15.7. The Hall–Kier alpha value is -1.99. The van der Waals surface area contributed by atoms with Gasteiger partial charge in [-0.25, -0.2) is 8.42 Å². The Labute approximate surface area is 152 Å². The van der Waals surface area contributed by atoms with Crippen molar-refractivity contribution in [3.05, 3.63) is 48.0 Å². The molecule has 0 bridgehead atoms. The van der Waals surface area contributed by atoms with Gasteiger partial charge < -0.3 is 5.32 Å². The van der Waals surface area contributed by atoms with Crippen LogP contribution in [0.15, 0.2) is 52.3 Å². The molecule has 0 saturated heterocycles. The van der Waals surface area contributed by atoms with Crippen LogP contribution in [0.4, 0.5) is 11.4 Å². The van der Waals surface area contributed by atoms with Crippen LogP contribution >= 0.6 is 11.8 Å². The highest BCUT2D eigenvalue weighted by Gasteiger charge is 2.23. The minimum Gasteiger partial charge on any atom is -0.325 e. The van der Waals surface area contributed by atoms with Crippen LogP contribution in [-0.2, 0) is 21.2 Å². The first-order valence-corrected chi connectivity index (χ1v) is 10.6. The Balaban J connectivity index is 1.93. The summed E-state index contributed by atoms with van der Waals surface area (Å²) in [6.07, 6.45) is 0.730. The number of hydrogen-bond acceptors (Lipinski definition) is 4. The highest BCUT2D eigenvalue weighted by atomic mass is 32.2. The van der Waals surface area contributed by atoms with Crippen LogP contribution in [0.3, 0.4) is 0 Å². The standard InChI is InChI=1S/C18H20N2O3S2/c1-3-13-6-4-5-7-15(13)20-25(22,23)14-8-9-17-16(10-14)19-18(21)12(2)11-24-17/h4-10,12,20H,3,11H2,1-2H3,(H,19,21). The number of nitrogens with one attached hydrogen (secondary N) is 2. The van der Waals surface area contributed by atoms with Gasteiger partial charge in [0.05, 0.1) is 16.3 Å². The summed E-state index contributed by atoms with van der Waals surface area (Å²) in [5, 5.41) is 2.82. The molecule has 0 fully saturated rings. The largest absolute Gasteiger partial charge is 0.325 e. The van der Waals surface area contributed by atoms with E-state index in [-0.39, 0.29) is 16.7 Å². The van der Waals surface area contributed by atoms with Crippen molar-refractivity contribution in [1.29, 1.82) is 0 Å². The lowest BCUT2D eigenvalue weighted by Gasteiger charge is -2.13. The molecule has 0 aromatic heterocycles. The van der Waals surface area contributed by atoms with Crippen molar-refractivity contribution in [2.75, 3.05) is 15.8 Å². The average molecular weight is 377 g/mol. The zero-order chi connectivity index (χ0) is 18.0.